The number of rotatable bonds is 4. The molecule has 22 heavy (non-hydrogen) atoms. The van der Waals surface area contributed by atoms with E-state index in [4.69, 9.17) is 9.05 Å². The van der Waals surface area contributed by atoms with E-state index in [1.165, 1.54) is 0 Å². The van der Waals surface area contributed by atoms with Gasteiger partial charge < -0.3 is 19.1 Å². The first kappa shape index (κ1) is 14.7. The van der Waals surface area contributed by atoms with Gasteiger partial charge in [-0.25, -0.2) is 0 Å². The number of amides is 1. The molecule has 0 aromatic carbocycles. The van der Waals surface area contributed by atoms with Gasteiger partial charge in [-0.3, -0.25) is 4.79 Å². The molecule has 1 N–H and O–H groups in total. The van der Waals surface area contributed by atoms with Gasteiger partial charge in [0.15, 0.2) is 5.82 Å². The smallest absolute Gasteiger partial charge is 0.251 e. The topological polar surface area (TPSA) is 105 Å². The molecule has 0 saturated carbocycles. The summed E-state index contributed by atoms with van der Waals surface area (Å²) < 4.78 is 10.2. The first-order valence-electron chi connectivity index (χ1n) is 7.32. The highest BCUT2D eigenvalue weighted by Crippen LogP contribution is 2.15. The predicted octanol–water partition coefficient (Wildman–Crippen LogP) is 0.830. The first-order chi connectivity index (χ1) is 10.6. The molecule has 0 aliphatic carbocycles. The second-order valence-electron chi connectivity index (χ2n) is 5.48. The van der Waals surface area contributed by atoms with Crippen LogP contribution in [0.2, 0.25) is 0 Å². The van der Waals surface area contributed by atoms with Gasteiger partial charge in [-0.05, 0) is 26.2 Å². The maximum atomic E-state index is 12.0. The van der Waals surface area contributed by atoms with E-state index in [9.17, 15) is 9.90 Å². The molecule has 118 valence electrons. The van der Waals surface area contributed by atoms with Crippen LogP contribution in [0.25, 0.3) is 0 Å². The average molecular weight is 306 g/mol. The molecular formula is C14H18N4O4. The molecule has 3 heterocycles. The van der Waals surface area contributed by atoms with Crippen LogP contribution in [0.15, 0.2) is 15.1 Å². The Morgan fingerprint density at radius 1 is 1.36 bits per heavy atom. The van der Waals surface area contributed by atoms with Crippen LogP contribution in [0.3, 0.4) is 0 Å². The highest BCUT2D eigenvalue weighted by Gasteiger charge is 2.26. The van der Waals surface area contributed by atoms with E-state index in [0.29, 0.717) is 31.1 Å². The first-order valence-corrected chi connectivity index (χ1v) is 7.32. The van der Waals surface area contributed by atoms with Crippen LogP contribution >= 0.6 is 0 Å². The number of hydrogen-bond donors (Lipinski definition) is 1. The van der Waals surface area contributed by atoms with Crippen molar-refractivity contribution in [3.63, 3.8) is 0 Å². The summed E-state index contributed by atoms with van der Waals surface area (Å²) in [7, 11) is 0. The molecule has 0 bridgehead atoms. The lowest BCUT2D eigenvalue weighted by molar-refractivity contribution is -0.140. The van der Waals surface area contributed by atoms with Crippen LogP contribution in [-0.4, -0.2) is 43.9 Å². The maximum absolute atomic E-state index is 12.0. The maximum Gasteiger partial charge on any atom is 0.251 e. The molecule has 1 fully saturated rings. The Hall–Kier alpha value is -2.22. The highest BCUT2D eigenvalue weighted by atomic mass is 16.5. The van der Waals surface area contributed by atoms with Crippen molar-refractivity contribution in [2.24, 2.45) is 0 Å². The second-order valence-corrected chi connectivity index (χ2v) is 5.48. The van der Waals surface area contributed by atoms with Gasteiger partial charge in [-0.15, -0.1) is 0 Å². The number of nitrogens with zero attached hydrogens (tertiary/aromatic N) is 4. The number of aryl methyl sites for hydroxylation is 1. The van der Waals surface area contributed by atoms with Gasteiger partial charge in [0.25, 0.3) is 5.91 Å². The lowest BCUT2D eigenvalue weighted by atomic mass is 10.2. The lowest BCUT2D eigenvalue weighted by Crippen LogP contribution is -2.37. The van der Waals surface area contributed by atoms with Crippen LogP contribution < -0.4 is 0 Å². The van der Waals surface area contributed by atoms with Gasteiger partial charge in [-0.1, -0.05) is 10.3 Å². The van der Waals surface area contributed by atoms with Crippen LogP contribution in [0.5, 0.6) is 0 Å². The van der Waals surface area contributed by atoms with Gasteiger partial charge in [0, 0.05) is 12.6 Å². The summed E-state index contributed by atoms with van der Waals surface area (Å²) in [6.07, 6.45) is 1.70. The van der Waals surface area contributed by atoms with E-state index < -0.39 is 6.10 Å². The van der Waals surface area contributed by atoms with Crippen LogP contribution in [0.4, 0.5) is 0 Å². The molecule has 1 aliphatic rings. The number of aliphatic hydroxyl groups is 1. The largest absolute Gasteiger partial charge is 0.383 e. The zero-order chi connectivity index (χ0) is 15.5. The van der Waals surface area contributed by atoms with Crippen molar-refractivity contribution in [1.29, 1.82) is 0 Å². The van der Waals surface area contributed by atoms with Crippen molar-refractivity contribution >= 4 is 5.91 Å². The summed E-state index contributed by atoms with van der Waals surface area (Å²) in [4.78, 5) is 17.8. The Balaban J connectivity index is 1.64. The standard InChI is InChI=1S/C14H18N4O4/c1-9-6-10(16-21-9)7-12-15-13(22-17-12)8-18-5-3-2-4-11(19)14(18)20/h6,11,19H,2-5,7-8H2,1H3. The van der Waals surface area contributed by atoms with Crippen molar-refractivity contribution in [2.45, 2.75) is 45.3 Å². The van der Waals surface area contributed by atoms with Crippen molar-refractivity contribution in [3.05, 3.63) is 29.2 Å². The van der Waals surface area contributed by atoms with E-state index in [1.54, 1.807) is 4.90 Å². The summed E-state index contributed by atoms with van der Waals surface area (Å²) in [5, 5.41) is 17.5. The van der Waals surface area contributed by atoms with Crippen molar-refractivity contribution in [2.75, 3.05) is 6.54 Å². The number of carbonyl (C=O) groups is 1. The minimum Gasteiger partial charge on any atom is -0.383 e. The Bertz CT molecular complexity index is 651. The Kier molecular flexibility index (Phi) is 4.19. The molecule has 8 heteroatoms. The molecule has 0 radical (unpaired) electrons. The fourth-order valence-corrected chi connectivity index (χ4v) is 2.49. The summed E-state index contributed by atoms with van der Waals surface area (Å²) in [6.45, 7) is 2.63. The van der Waals surface area contributed by atoms with Crippen molar-refractivity contribution in [3.8, 4) is 0 Å². The van der Waals surface area contributed by atoms with E-state index in [-0.39, 0.29) is 12.5 Å². The average Bonchev–Trinajstić information content (AvgIpc) is 3.07. The minimum atomic E-state index is -0.928. The number of carbonyl (C=O) groups excluding carboxylic acids is 1. The van der Waals surface area contributed by atoms with Crippen molar-refractivity contribution in [1.82, 2.24) is 20.2 Å². The third-order valence-electron chi connectivity index (χ3n) is 3.60. The van der Waals surface area contributed by atoms with Crippen molar-refractivity contribution < 1.29 is 18.9 Å². The Morgan fingerprint density at radius 2 is 2.23 bits per heavy atom. The van der Waals surface area contributed by atoms with Crippen LogP contribution in [0, 0.1) is 6.92 Å². The van der Waals surface area contributed by atoms with Gasteiger partial charge in [0.2, 0.25) is 5.89 Å². The van der Waals surface area contributed by atoms with E-state index >= 15 is 0 Å². The molecule has 8 nitrogen and oxygen atoms in total. The molecule has 1 saturated heterocycles. The molecule has 0 spiro atoms. The summed E-state index contributed by atoms with van der Waals surface area (Å²) in [5.41, 5.74) is 0.728. The quantitative estimate of drug-likeness (QED) is 0.891. The normalized spacial score (nSPS) is 19.5. The molecular weight excluding hydrogens is 288 g/mol. The fraction of sp³-hybridized carbons (Fsp3) is 0.571. The monoisotopic (exact) mass is 306 g/mol. The summed E-state index contributed by atoms with van der Waals surface area (Å²) in [5.74, 6) is 1.30. The van der Waals surface area contributed by atoms with Crippen LogP contribution in [-0.2, 0) is 17.8 Å². The molecule has 1 aliphatic heterocycles. The molecule has 2 aromatic rings. The molecule has 3 rings (SSSR count). The highest BCUT2D eigenvalue weighted by molar-refractivity contribution is 5.80. The third-order valence-corrected chi connectivity index (χ3v) is 3.60. The number of hydrogen-bond acceptors (Lipinski definition) is 7. The Labute approximate surface area is 127 Å². The number of aliphatic hydroxyl groups excluding tert-OH is 1. The summed E-state index contributed by atoms with van der Waals surface area (Å²) >= 11 is 0. The zero-order valence-corrected chi connectivity index (χ0v) is 12.4. The molecule has 2 aromatic heterocycles. The zero-order valence-electron chi connectivity index (χ0n) is 12.4. The van der Waals surface area contributed by atoms with E-state index in [1.807, 2.05) is 13.0 Å². The fourth-order valence-electron chi connectivity index (χ4n) is 2.49. The van der Waals surface area contributed by atoms with Crippen LogP contribution in [0.1, 0.15) is 42.4 Å². The third kappa shape index (κ3) is 3.33. The molecule has 1 atom stereocenters. The SMILES string of the molecule is Cc1cc(Cc2noc(CN3CCCCC(O)C3=O)n2)no1. The van der Waals surface area contributed by atoms with E-state index in [2.05, 4.69) is 15.3 Å². The van der Waals surface area contributed by atoms with E-state index in [0.717, 1.165) is 24.3 Å². The van der Waals surface area contributed by atoms with Gasteiger partial charge in [0.05, 0.1) is 12.1 Å². The lowest BCUT2D eigenvalue weighted by Gasteiger charge is -2.19. The number of aromatic nitrogens is 3. The van der Waals surface area contributed by atoms with Gasteiger partial charge in [0.1, 0.15) is 18.4 Å². The van der Waals surface area contributed by atoms with Gasteiger partial charge >= 0.3 is 0 Å². The minimum absolute atomic E-state index is 0.223. The predicted molar refractivity (Wildman–Crippen MR) is 73.6 cm³/mol. The molecule has 1 unspecified atom stereocenters. The number of likely N-dealkylation sites (tertiary alicyclic amines) is 1. The summed E-state index contributed by atoms with van der Waals surface area (Å²) in [6, 6.07) is 1.81. The van der Waals surface area contributed by atoms with Gasteiger partial charge in [-0.2, -0.15) is 4.98 Å². The second kappa shape index (κ2) is 6.27. The molecule has 1 amide bonds. The Morgan fingerprint density at radius 3 is 3.00 bits per heavy atom.